The molecule has 0 saturated carbocycles. The fraction of sp³-hybridized carbons (Fsp3) is 0.167. The molecular formula is C18H13Cl2N3O2. The Hall–Kier alpha value is -2.55. The summed E-state index contributed by atoms with van der Waals surface area (Å²) in [4.78, 5) is 15.2. The highest BCUT2D eigenvalue weighted by Crippen LogP contribution is 2.31. The topological polar surface area (TPSA) is 78.9 Å². The van der Waals surface area contributed by atoms with Crippen molar-refractivity contribution in [2.24, 2.45) is 7.05 Å². The van der Waals surface area contributed by atoms with E-state index in [1.54, 1.807) is 0 Å². The Morgan fingerprint density at radius 1 is 1.36 bits per heavy atom. The second-order valence-corrected chi connectivity index (χ2v) is 6.51. The molecule has 0 aliphatic carbocycles. The number of pyridine rings is 1. The highest BCUT2D eigenvalue weighted by atomic mass is 35.5. The third-order valence-electron chi connectivity index (χ3n) is 4.24. The first-order chi connectivity index (χ1) is 11.8. The zero-order valence-electron chi connectivity index (χ0n) is 13.5. The highest BCUT2D eigenvalue weighted by molar-refractivity contribution is 6.37. The average molecular weight is 374 g/mol. The van der Waals surface area contributed by atoms with Crippen molar-refractivity contribution in [1.29, 1.82) is 5.26 Å². The van der Waals surface area contributed by atoms with Gasteiger partial charge in [-0.1, -0.05) is 23.2 Å². The van der Waals surface area contributed by atoms with Gasteiger partial charge in [-0.3, -0.25) is 0 Å². The summed E-state index contributed by atoms with van der Waals surface area (Å²) in [7, 11) is 1.88. The largest absolute Gasteiger partial charge is 0.478 e. The van der Waals surface area contributed by atoms with Crippen LogP contribution in [-0.4, -0.2) is 20.6 Å². The Labute approximate surface area is 154 Å². The molecule has 25 heavy (non-hydrogen) atoms. The number of carbonyl (C=O) groups is 1. The van der Waals surface area contributed by atoms with Gasteiger partial charge in [0, 0.05) is 41.8 Å². The predicted molar refractivity (Wildman–Crippen MR) is 96.4 cm³/mol. The van der Waals surface area contributed by atoms with E-state index in [1.807, 2.05) is 36.7 Å². The Balaban J connectivity index is 2.15. The molecule has 1 N–H and O–H groups in total. The van der Waals surface area contributed by atoms with Gasteiger partial charge in [-0.05, 0) is 30.7 Å². The standard InChI is InChI=1S/C18H13Cl2N3O2/c1-9-3-10(7-21)4-15-12(9)5-11(23(15)2)6-13-16(19)14(18(24)25)8-22-17(13)20/h3-5,8H,6H2,1-2H3,(H,24,25). The normalized spacial score (nSPS) is 10.8. The van der Waals surface area contributed by atoms with Crippen molar-refractivity contribution in [2.75, 3.05) is 0 Å². The van der Waals surface area contributed by atoms with E-state index in [0.29, 0.717) is 17.5 Å². The van der Waals surface area contributed by atoms with E-state index in [1.165, 1.54) is 0 Å². The van der Waals surface area contributed by atoms with Gasteiger partial charge in [-0.2, -0.15) is 5.26 Å². The molecule has 0 unspecified atom stereocenters. The highest BCUT2D eigenvalue weighted by Gasteiger charge is 2.19. The summed E-state index contributed by atoms with van der Waals surface area (Å²) in [5.74, 6) is -1.15. The van der Waals surface area contributed by atoms with E-state index in [-0.39, 0.29) is 15.7 Å². The van der Waals surface area contributed by atoms with E-state index >= 15 is 0 Å². The van der Waals surface area contributed by atoms with Gasteiger partial charge in [-0.15, -0.1) is 0 Å². The van der Waals surface area contributed by atoms with Gasteiger partial charge in [0.05, 0.1) is 22.2 Å². The molecule has 0 amide bonds. The van der Waals surface area contributed by atoms with Crippen molar-refractivity contribution in [3.05, 3.63) is 62.5 Å². The number of aryl methyl sites for hydroxylation is 2. The van der Waals surface area contributed by atoms with Crippen LogP contribution in [0.15, 0.2) is 24.4 Å². The summed E-state index contributed by atoms with van der Waals surface area (Å²) >= 11 is 12.4. The molecule has 0 aliphatic heterocycles. The van der Waals surface area contributed by atoms with E-state index < -0.39 is 5.97 Å². The molecule has 7 heteroatoms. The van der Waals surface area contributed by atoms with E-state index in [9.17, 15) is 9.90 Å². The molecule has 0 saturated heterocycles. The maximum Gasteiger partial charge on any atom is 0.338 e. The number of rotatable bonds is 3. The van der Waals surface area contributed by atoms with Gasteiger partial charge < -0.3 is 9.67 Å². The molecule has 1 aromatic carbocycles. The quantitative estimate of drug-likeness (QED) is 0.692. The van der Waals surface area contributed by atoms with Crippen molar-refractivity contribution >= 4 is 40.1 Å². The zero-order chi connectivity index (χ0) is 18.3. The van der Waals surface area contributed by atoms with Crippen LogP contribution in [0.2, 0.25) is 10.2 Å². The summed E-state index contributed by atoms with van der Waals surface area (Å²) < 4.78 is 1.95. The van der Waals surface area contributed by atoms with Crippen LogP contribution in [0.4, 0.5) is 0 Å². The maximum absolute atomic E-state index is 11.3. The monoisotopic (exact) mass is 373 g/mol. The van der Waals surface area contributed by atoms with Crippen LogP contribution in [0.1, 0.15) is 32.7 Å². The first-order valence-corrected chi connectivity index (χ1v) is 8.14. The van der Waals surface area contributed by atoms with Crippen molar-refractivity contribution in [3.63, 3.8) is 0 Å². The molecule has 0 atom stereocenters. The molecule has 0 aliphatic rings. The first-order valence-electron chi connectivity index (χ1n) is 7.38. The maximum atomic E-state index is 11.3. The first kappa shape index (κ1) is 17.3. The number of aromatic carboxylic acids is 1. The van der Waals surface area contributed by atoms with Crippen molar-refractivity contribution in [1.82, 2.24) is 9.55 Å². The number of nitrogens with zero attached hydrogens (tertiary/aromatic N) is 3. The summed E-state index contributed by atoms with van der Waals surface area (Å²) in [6.45, 7) is 1.94. The van der Waals surface area contributed by atoms with Gasteiger partial charge in [0.15, 0.2) is 0 Å². The number of carboxylic acids is 1. The molecule has 3 aromatic rings. The van der Waals surface area contributed by atoms with Crippen LogP contribution in [-0.2, 0) is 13.5 Å². The molecule has 2 aromatic heterocycles. The molecule has 5 nitrogen and oxygen atoms in total. The lowest BCUT2D eigenvalue weighted by Gasteiger charge is -2.10. The van der Waals surface area contributed by atoms with Gasteiger partial charge in [0.25, 0.3) is 0 Å². The smallest absolute Gasteiger partial charge is 0.338 e. The van der Waals surface area contributed by atoms with Crippen molar-refractivity contribution < 1.29 is 9.90 Å². The van der Waals surface area contributed by atoms with Crippen LogP contribution in [0.3, 0.4) is 0 Å². The average Bonchev–Trinajstić information content (AvgIpc) is 2.88. The lowest BCUT2D eigenvalue weighted by molar-refractivity contribution is 0.0696. The van der Waals surface area contributed by atoms with Gasteiger partial charge >= 0.3 is 5.97 Å². The molecular weight excluding hydrogens is 361 g/mol. The minimum absolute atomic E-state index is 0.0808. The summed E-state index contributed by atoms with van der Waals surface area (Å²) in [6, 6.07) is 7.80. The van der Waals surface area contributed by atoms with E-state index in [4.69, 9.17) is 28.5 Å². The van der Waals surface area contributed by atoms with Crippen LogP contribution >= 0.6 is 23.2 Å². The number of nitriles is 1. The minimum atomic E-state index is -1.15. The van der Waals surface area contributed by atoms with Crippen molar-refractivity contribution in [3.8, 4) is 6.07 Å². The summed E-state index contributed by atoms with van der Waals surface area (Å²) in [5, 5.41) is 19.6. The second kappa shape index (κ2) is 6.40. The van der Waals surface area contributed by atoms with Crippen LogP contribution in [0.25, 0.3) is 10.9 Å². The Kier molecular flexibility index (Phi) is 4.42. The minimum Gasteiger partial charge on any atom is -0.478 e. The Morgan fingerprint density at radius 3 is 2.72 bits per heavy atom. The fourth-order valence-electron chi connectivity index (χ4n) is 2.89. The van der Waals surface area contributed by atoms with Crippen LogP contribution in [0.5, 0.6) is 0 Å². The van der Waals surface area contributed by atoms with Crippen molar-refractivity contribution in [2.45, 2.75) is 13.3 Å². The Bertz CT molecular complexity index is 1060. The molecule has 0 bridgehead atoms. The molecule has 0 radical (unpaired) electrons. The van der Waals surface area contributed by atoms with Gasteiger partial charge in [0.1, 0.15) is 5.15 Å². The van der Waals surface area contributed by atoms with Crippen LogP contribution in [0, 0.1) is 18.3 Å². The van der Waals surface area contributed by atoms with Gasteiger partial charge in [-0.25, -0.2) is 9.78 Å². The van der Waals surface area contributed by atoms with E-state index in [0.717, 1.165) is 28.4 Å². The van der Waals surface area contributed by atoms with Crippen LogP contribution < -0.4 is 0 Å². The molecule has 0 fully saturated rings. The number of benzene rings is 1. The summed E-state index contributed by atoms with van der Waals surface area (Å²) in [5.41, 5.74) is 3.77. The zero-order valence-corrected chi connectivity index (χ0v) is 15.0. The lowest BCUT2D eigenvalue weighted by atomic mass is 10.1. The third kappa shape index (κ3) is 2.95. The number of carboxylic acid groups (broad SMARTS) is 1. The number of fused-ring (bicyclic) bond motifs is 1. The summed E-state index contributed by atoms with van der Waals surface area (Å²) in [6.07, 6.45) is 1.49. The van der Waals surface area contributed by atoms with E-state index in [2.05, 4.69) is 11.1 Å². The lowest BCUT2D eigenvalue weighted by Crippen LogP contribution is -2.05. The third-order valence-corrected chi connectivity index (χ3v) is 5.00. The molecule has 3 rings (SSSR count). The SMILES string of the molecule is Cc1cc(C#N)cc2c1cc(Cc1c(Cl)ncc(C(=O)O)c1Cl)n2C. The molecule has 2 heterocycles. The van der Waals surface area contributed by atoms with Gasteiger partial charge in [0.2, 0.25) is 0 Å². The number of aromatic nitrogens is 2. The fourth-order valence-corrected chi connectivity index (χ4v) is 3.43. The number of halogens is 2. The number of hydrogen-bond acceptors (Lipinski definition) is 3. The second-order valence-electron chi connectivity index (χ2n) is 5.77. The molecule has 0 spiro atoms. The number of hydrogen-bond donors (Lipinski definition) is 1. The molecule has 126 valence electrons. The predicted octanol–water partition coefficient (Wildman–Crippen LogP) is 4.35. The Morgan fingerprint density at radius 2 is 2.08 bits per heavy atom.